The summed E-state index contributed by atoms with van der Waals surface area (Å²) in [6, 6.07) is 55.1. The molecule has 0 aliphatic heterocycles. The number of para-hydroxylation sites is 3. The SMILES string of the molecule is c1ccc(-c2cccc(N(c3ccc4c(c3)oc3ccccc34)c3ccc4sc5cccc(-c6nc7ccccc7o6)c5c4c3)c2)cc1. The standard InChI is InChI=1S/C43H26N2O2S/c1-2-10-27(11-3-1)28-12-8-13-29(24-28)45(31-20-22-33-32-14-4-6-17-37(32)46-39(33)26-31)30-21-23-40-35(25-30)42-34(15-9-19-41(42)48-40)43-44-36-16-5-7-18-38(36)47-43/h1-26H. The van der Waals surface area contributed by atoms with Gasteiger partial charge in [-0.25, -0.2) is 4.98 Å². The van der Waals surface area contributed by atoms with E-state index in [0.29, 0.717) is 5.89 Å². The van der Waals surface area contributed by atoms with Gasteiger partial charge in [-0.15, -0.1) is 11.3 Å². The highest BCUT2D eigenvalue weighted by molar-refractivity contribution is 7.26. The maximum atomic E-state index is 6.37. The summed E-state index contributed by atoms with van der Waals surface area (Å²) in [4.78, 5) is 7.20. The molecule has 0 saturated heterocycles. The van der Waals surface area contributed by atoms with E-state index in [1.54, 1.807) is 11.3 Å². The van der Waals surface area contributed by atoms with Crippen molar-refractivity contribution in [1.82, 2.24) is 4.98 Å². The number of hydrogen-bond acceptors (Lipinski definition) is 5. The van der Waals surface area contributed by atoms with Gasteiger partial charge in [0.15, 0.2) is 5.58 Å². The maximum absolute atomic E-state index is 6.37. The van der Waals surface area contributed by atoms with E-state index in [4.69, 9.17) is 13.8 Å². The first kappa shape index (κ1) is 27.0. The van der Waals surface area contributed by atoms with E-state index in [0.717, 1.165) is 66.6 Å². The highest BCUT2D eigenvalue weighted by atomic mass is 32.1. The molecule has 3 heterocycles. The smallest absolute Gasteiger partial charge is 0.227 e. The number of nitrogens with zero attached hydrogens (tertiary/aromatic N) is 2. The summed E-state index contributed by atoms with van der Waals surface area (Å²) in [6.07, 6.45) is 0. The summed E-state index contributed by atoms with van der Waals surface area (Å²) >= 11 is 1.79. The van der Waals surface area contributed by atoms with E-state index in [1.807, 2.05) is 36.4 Å². The normalized spacial score (nSPS) is 11.8. The van der Waals surface area contributed by atoms with Crippen LogP contribution in [0.3, 0.4) is 0 Å². The Morgan fingerprint density at radius 2 is 1.19 bits per heavy atom. The molecule has 0 aliphatic rings. The van der Waals surface area contributed by atoms with Gasteiger partial charge in [-0.3, -0.25) is 0 Å². The molecule has 5 heteroatoms. The fourth-order valence-electron chi connectivity index (χ4n) is 6.88. The second kappa shape index (κ2) is 10.7. The predicted molar refractivity (Wildman–Crippen MR) is 200 cm³/mol. The average molecular weight is 635 g/mol. The monoisotopic (exact) mass is 634 g/mol. The molecular weight excluding hydrogens is 609 g/mol. The zero-order valence-electron chi connectivity index (χ0n) is 25.6. The molecule has 226 valence electrons. The fraction of sp³-hybridized carbons (Fsp3) is 0. The molecule has 4 nitrogen and oxygen atoms in total. The van der Waals surface area contributed by atoms with Gasteiger partial charge in [-0.05, 0) is 83.9 Å². The van der Waals surface area contributed by atoms with Crippen LogP contribution in [0.1, 0.15) is 0 Å². The van der Waals surface area contributed by atoms with Crippen molar-refractivity contribution in [2.75, 3.05) is 4.90 Å². The molecule has 0 bridgehead atoms. The zero-order chi connectivity index (χ0) is 31.6. The Balaban J connectivity index is 1.20. The fourth-order valence-corrected chi connectivity index (χ4v) is 7.99. The van der Waals surface area contributed by atoms with Crippen molar-refractivity contribution < 1.29 is 8.83 Å². The number of furan rings is 1. The molecule has 3 aromatic heterocycles. The van der Waals surface area contributed by atoms with Crippen LogP contribution in [0, 0.1) is 0 Å². The third kappa shape index (κ3) is 4.33. The number of aromatic nitrogens is 1. The third-order valence-electron chi connectivity index (χ3n) is 9.09. The minimum atomic E-state index is 0.634. The Kier molecular flexibility index (Phi) is 6.01. The van der Waals surface area contributed by atoms with Gasteiger partial charge in [0.05, 0.1) is 0 Å². The van der Waals surface area contributed by atoms with Crippen LogP contribution in [0.2, 0.25) is 0 Å². The van der Waals surface area contributed by atoms with Crippen molar-refractivity contribution in [3.8, 4) is 22.6 Å². The average Bonchev–Trinajstić information content (AvgIpc) is 3.85. The van der Waals surface area contributed by atoms with Crippen LogP contribution in [-0.2, 0) is 0 Å². The van der Waals surface area contributed by atoms with Gasteiger partial charge in [0, 0.05) is 59.6 Å². The summed E-state index contributed by atoms with van der Waals surface area (Å²) in [5, 5.41) is 4.54. The lowest BCUT2D eigenvalue weighted by Crippen LogP contribution is -2.09. The molecule has 48 heavy (non-hydrogen) atoms. The number of fused-ring (bicyclic) bond motifs is 7. The summed E-state index contributed by atoms with van der Waals surface area (Å²) < 4.78 is 15.1. The van der Waals surface area contributed by atoms with E-state index in [1.165, 1.54) is 20.3 Å². The van der Waals surface area contributed by atoms with Crippen molar-refractivity contribution in [1.29, 1.82) is 0 Å². The number of thiophene rings is 1. The van der Waals surface area contributed by atoms with Crippen LogP contribution in [0.15, 0.2) is 167 Å². The van der Waals surface area contributed by atoms with Gasteiger partial charge in [0.1, 0.15) is 16.7 Å². The zero-order valence-corrected chi connectivity index (χ0v) is 26.4. The minimum absolute atomic E-state index is 0.634. The molecule has 0 aliphatic carbocycles. The van der Waals surface area contributed by atoms with Crippen LogP contribution in [-0.4, -0.2) is 4.98 Å². The number of hydrogen-bond donors (Lipinski definition) is 0. The van der Waals surface area contributed by atoms with E-state index in [-0.39, 0.29) is 0 Å². The molecule has 0 fully saturated rings. The van der Waals surface area contributed by atoms with Crippen LogP contribution < -0.4 is 4.90 Å². The Labute approximate surface area is 279 Å². The molecular formula is C43H26N2O2S. The van der Waals surface area contributed by atoms with Gasteiger partial charge in [-0.2, -0.15) is 0 Å². The lowest BCUT2D eigenvalue weighted by molar-refractivity contribution is 0.620. The highest BCUT2D eigenvalue weighted by Gasteiger charge is 2.20. The molecule has 0 saturated carbocycles. The first-order valence-corrected chi connectivity index (χ1v) is 16.8. The number of benzene rings is 7. The van der Waals surface area contributed by atoms with Crippen molar-refractivity contribution in [2.24, 2.45) is 0 Å². The maximum Gasteiger partial charge on any atom is 0.227 e. The molecule has 0 N–H and O–H groups in total. The summed E-state index contributed by atoms with van der Waals surface area (Å²) in [5.74, 6) is 0.634. The Morgan fingerprint density at radius 1 is 0.458 bits per heavy atom. The topological polar surface area (TPSA) is 42.4 Å². The summed E-state index contributed by atoms with van der Waals surface area (Å²) in [7, 11) is 0. The largest absolute Gasteiger partial charge is 0.456 e. The van der Waals surface area contributed by atoms with Gasteiger partial charge in [-0.1, -0.05) is 78.9 Å². The second-order valence-corrected chi connectivity index (χ2v) is 13.1. The number of anilines is 3. The molecule has 0 atom stereocenters. The molecule has 0 unspecified atom stereocenters. The van der Waals surface area contributed by atoms with Gasteiger partial charge in [0.2, 0.25) is 5.89 Å². The Bertz CT molecular complexity index is 2780. The number of oxazole rings is 1. The molecule has 10 rings (SSSR count). The van der Waals surface area contributed by atoms with E-state index in [2.05, 4.69) is 126 Å². The molecule has 0 spiro atoms. The Morgan fingerprint density at radius 3 is 2.10 bits per heavy atom. The van der Waals surface area contributed by atoms with Gasteiger partial charge >= 0.3 is 0 Å². The van der Waals surface area contributed by atoms with E-state index >= 15 is 0 Å². The van der Waals surface area contributed by atoms with Crippen molar-refractivity contribution in [3.63, 3.8) is 0 Å². The van der Waals surface area contributed by atoms with Gasteiger partial charge in [0.25, 0.3) is 0 Å². The second-order valence-electron chi connectivity index (χ2n) is 12.0. The van der Waals surface area contributed by atoms with Crippen LogP contribution in [0.25, 0.3) is 75.8 Å². The number of rotatable bonds is 5. The van der Waals surface area contributed by atoms with Crippen molar-refractivity contribution in [3.05, 3.63) is 158 Å². The first-order valence-electron chi connectivity index (χ1n) is 15.9. The lowest BCUT2D eigenvalue weighted by Gasteiger charge is -2.26. The first-order chi connectivity index (χ1) is 23.8. The molecule has 0 amide bonds. The highest BCUT2D eigenvalue weighted by Crippen LogP contribution is 2.45. The summed E-state index contributed by atoms with van der Waals surface area (Å²) in [5.41, 5.74) is 9.85. The quantitative estimate of drug-likeness (QED) is 0.189. The molecule has 7 aromatic carbocycles. The molecule has 10 aromatic rings. The van der Waals surface area contributed by atoms with Crippen LogP contribution in [0.5, 0.6) is 0 Å². The predicted octanol–water partition coefficient (Wildman–Crippen LogP) is 12.9. The van der Waals surface area contributed by atoms with Crippen LogP contribution in [0.4, 0.5) is 17.1 Å². The lowest BCUT2D eigenvalue weighted by atomic mass is 10.0. The van der Waals surface area contributed by atoms with Crippen LogP contribution >= 0.6 is 11.3 Å². The van der Waals surface area contributed by atoms with Gasteiger partial charge < -0.3 is 13.7 Å². The van der Waals surface area contributed by atoms with Crippen molar-refractivity contribution >= 4 is 81.6 Å². The van der Waals surface area contributed by atoms with E-state index < -0.39 is 0 Å². The summed E-state index contributed by atoms with van der Waals surface area (Å²) in [6.45, 7) is 0. The van der Waals surface area contributed by atoms with Crippen molar-refractivity contribution in [2.45, 2.75) is 0 Å². The minimum Gasteiger partial charge on any atom is -0.456 e. The molecule has 0 radical (unpaired) electrons. The van der Waals surface area contributed by atoms with E-state index in [9.17, 15) is 0 Å². The third-order valence-corrected chi connectivity index (χ3v) is 10.2. The Hall–Kier alpha value is -6.17.